The first-order chi connectivity index (χ1) is 14.2. The van der Waals surface area contributed by atoms with E-state index in [1.54, 1.807) is 11.8 Å². The second-order valence-corrected chi connectivity index (χ2v) is 9.13. The Hall–Kier alpha value is -1.86. The first-order valence-electron chi connectivity index (χ1n) is 9.96. The second-order valence-electron chi connectivity index (χ2n) is 7.36. The van der Waals surface area contributed by atoms with Gasteiger partial charge in [-0.15, -0.1) is 0 Å². The van der Waals surface area contributed by atoms with Crippen LogP contribution >= 0.6 is 31.9 Å². The van der Waals surface area contributed by atoms with Crippen molar-refractivity contribution in [2.45, 2.75) is 46.2 Å². The van der Waals surface area contributed by atoms with Crippen LogP contribution in [0.25, 0.3) is 0 Å². The fourth-order valence-corrected chi connectivity index (χ4v) is 3.91. The van der Waals surface area contributed by atoms with Crippen LogP contribution in [0.4, 0.5) is 0 Å². The molecule has 7 heteroatoms. The van der Waals surface area contributed by atoms with Crippen molar-refractivity contribution >= 4 is 43.7 Å². The van der Waals surface area contributed by atoms with Crippen molar-refractivity contribution in [1.29, 1.82) is 0 Å². The maximum Gasteiger partial charge on any atom is 0.261 e. The normalized spacial score (nSPS) is 11.8. The molecule has 0 unspecified atom stereocenters. The Morgan fingerprint density at radius 3 is 2.43 bits per heavy atom. The Morgan fingerprint density at radius 2 is 1.83 bits per heavy atom. The van der Waals surface area contributed by atoms with Gasteiger partial charge in [-0.2, -0.15) is 0 Å². The number of carbonyl (C=O) groups excluding carboxylic acids is 2. The molecule has 0 bridgehead atoms. The van der Waals surface area contributed by atoms with Crippen LogP contribution in [0.15, 0.2) is 51.4 Å². The highest BCUT2D eigenvalue weighted by Crippen LogP contribution is 2.29. The zero-order valence-electron chi connectivity index (χ0n) is 17.7. The number of nitrogens with zero attached hydrogens (tertiary/aromatic N) is 1. The van der Waals surface area contributed by atoms with Crippen LogP contribution in [-0.4, -0.2) is 35.9 Å². The maximum atomic E-state index is 13.0. The minimum atomic E-state index is -0.619. The molecule has 0 spiro atoms. The maximum absolute atomic E-state index is 13.0. The molecule has 2 aromatic rings. The molecule has 0 saturated heterocycles. The fraction of sp³-hybridized carbons (Fsp3) is 0.391. The third-order valence-electron chi connectivity index (χ3n) is 4.73. The average Bonchev–Trinajstić information content (AvgIpc) is 2.70. The summed E-state index contributed by atoms with van der Waals surface area (Å²) < 4.78 is 7.51. The molecule has 0 aromatic heterocycles. The van der Waals surface area contributed by atoms with Gasteiger partial charge >= 0.3 is 0 Å². The van der Waals surface area contributed by atoms with Crippen molar-refractivity contribution in [3.63, 3.8) is 0 Å². The van der Waals surface area contributed by atoms with Crippen LogP contribution in [-0.2, 0) is 16.1 Å². The highest BCUT2D eigenvalue weighted by Gasteiger charge is 2.26. The van der Waals surface area contributed by atoms with Gasteiger partial charge in [0.1, 0.15) is 11.8 Å². The summed E-state index contributed by atoms with van der Waals surface area (Å²) in [6.45, 7) is 8.49. The predicted molar refractivity (Wildman–Crippen MR) is 127 cm³/mol. The number of likely N-dealkylation sites (N-methyl/N-ethyl adjacent to an activating group) is 1. The molecule has 0 aliphatic heterocycles. The number of carbonyl (C=O) groups is 2. The first-order valence-corrected chi connectivity index (χ1v) is 11.5. The van der Waals surface area contributed by atoms with Crippen LogP contribution in [0, 0.1) is 0 Å². The lowest BCUT2D eigenvalue weighted by molar-refractivity contribution is -0.142. The van der Waals surface area contributed by atoms with E-state index in [1.165, 1.54) is 5.56 Å². The van der Waals surface area contributed by atoms with E-state index in [4.69, 9.17) is 4.74 Å². The van der Waals surface area contributed by atoms with Crippen molar-refractivity contribution < 1.29 is 14.3 Å². The summed E-state index contributed by atoms with van der Waals surface area (Å²) in [6.07, 6.45) is 0. The lowest BCUT2D eigenvalue weighted by Gasteiger charge is -2.28. The van der Waals surface area contributed by atoms with Crippen molar-refractivity contribution in [2.24, 2.45) is 0 Å². The van der Waals surface area contributed by atoms with Crippen LogP contribution in [0.3, 0.4) is 0 Å². The largest absolute Gasteiger partial charge is 0.483 e. The van der Waals surface area contributed by atoms with Gasteiger partial charge in [0.2, 0.25) is 5.91 Å². The molecule has 1 N–H and O–H groups in total. The molecule has 162 valence electrons. The molecule has 0 radical (unpaired) electrons. The quantitative estimate of drug-likeness (QED) is 0.472. The molecular weight excluding hydrogens is 512 g/mol. The zero-order chi connectivity index (χ0) is 22.3. The molecular formula is C23H28Br2N2O3. The van der Waals surface area contributed by atoms with E-state index < -0.39 is 6.04 Å². The Labute approximate surface area is 195 Å². The number of hydrogen-bond acceptors (Lipinski definition) is 3. The van der Waals surface area contributed by atoms with Crippen molar-refractivity contribution in [3.8, 4) is 5.75 Å². The van der Waals surface area contributed by atoms with Gasteiger partial charge in [-0.25, -0.2) is 0 Å². The topological polar surface area (TPSA) is 58.6 Å². The number of halogens is 2. The number of amides is 2. The van der Waals surface area contributed by atoms with Gasteiger partial charge in [0.25, 0.3) is 5.91 Å². The Morgan fingerprint density at radius 1 is 1.10 bits per heavy atom. The summed E-state index contributed by atoms with van der Waals surface area (Å²) in [4.78, 5) is 27.0. The second kappa shape index (κ2) is 11.5. The van der Waals surface area contributed by atoms with E-state index in [1.807, 2.05) is 49.4 Å². The van der Waals surface area contributed by atoms with E-state index >= 15 is 0 Å². The van der Waals surface area contributed by atoms with E-state index in [0.717, 1.165) is 14.5 Å². The summed E-state index contributed by atoms with van der Waals surface area (Å²) in [5.74, 6) is 0.549. The van der Waals surface area contributed by atoms with Gasteiger partial charge in [0.15, 0.2) is 6.61 Å². The van der Waals surface area contributed by atoms with Crippen LogP contribution in [0.5, 0.6) is 5.75 Å². The SMILES string of the molecule is CCNC(=O)[C@H](C)N(Cc1cccc(Br)c1)C(=O)COc1ccc(C(C)C)cc1Br. The molecule has 0 fully saturated rings. The van der Waals surface area contributed by atoms with Crippen LogP contribution in [0.1, 0.15) is 44.7 Å². The monoisotopic (exact) mass is 538 g/mol. The third-order valence-corrected chi connectivity index (χ3v) is 5.85. The van der Waals surface area contributed by atoms with Gasteiger partial charge in [-0.1, -0.05) is 48.0 Å². The summed E-state index contributed by atoms with van der Waals surface area (Å²) in [6, 6.07) is 12.9. The molecule has 5 nitrogen and oxygen atoms in total. The molecule has 0 aliphatic carbocycles. The molecule has 1 atom stereocenters. The lowest BCUT2D eigenvalue weighted by atomic mass is 10.0. The smallest absolute Gasteiger partial charge is 0.261 e. The van der Waals surface area contributed by atoms with E-state index in [0.29, 0.717) is 24.8 Å². The van der Waals surface area contributed by atoms with E-state index in [-0.39, 0.29) is 18.4 Å². The molecule has 0 saturated carbocycles. The number of ether oxygens (including phenoxy) is 1. The first kappa shape index (κ1) is 24.4. The summed E-state index contributed by atoms with van der Waals surface area (Å²) in [5.41, 5.74) is 2.11. The van der Waals surface area contributed by atoms with Gasteiger partial charge in [-0.3, -0.25) is 9.59 Å². The summed E-state index contributed by atoms with van der Waals surface area (Å²) in [5, 5.41) is 2.79. The highest BCUT2D eigenvalue weighted by atomic mass is 79.9. The predicted octanol–water partition coefficient (Wildman–Crippen LogP) is 5.27. The Bertz CT molecular complexity index is 887. The highest BCUT2D eigenvalue weighted by molar-refractivity contribution is 9.10. The van der Waals surface area contributed by atoms with Crippen molar-refractivity contribution in [1.82, 2.24) is 10.2 Å². The molecule has 0 aliphatic rings. The molecule has 30 heavy (non-hydrogen) atoms. The third kappa shape index (κ3) is 6.84. The average molecular weight is 540 g/mol. The minimum Gasteiger partial charge on any atom is -0.483 e. The molecule has 2 amide bonds. The number of hydrogen-bond donors (Lipinski definition) is 1. The van der Waals surface area contributed by atoms with Gasteiger partial charge in [0, 0.05) is 17.6 Å². The Balaban J connectivity index is 2.16. The van der Waals surface area contributed by atoms with Crippen LogP contribution in [0.2, 0.25) is 0 Å². The van der Waals surface area contributed by atoms with E-state index in [9.17, 15) is 9.59 Å². The zero-order valence-corrected chi connectivity index (χ0v) is 20.9. The van der Waals surface area contributed by atoms with Gasteiger partial charge in [-0.05, 0) is 71.1 Å². The lowest BCUT2D eigenvalue weighted by Crippen LogP contribution is -2.49. The van der Waals surface area contributed by atoms with Crippen molar-refractivity contribution in [2.75, 3.05) is 13.2 Å². The van der Waals surface area contributed by atoms with Gasteiger partial charge in [0.05, 0.1) is 4.47 Å². The fourth-order valence-electron chi connectivity index (χ4n) is 2.95. The Kier molecular flexibility index (Phi) is 9.37. The summed E-state index contributed by atoms with van der Waals surface area (Å²) in [7, 11) is 0. The molecule has 2 aromatic carbocycles. The molecule has 2 rings (SSSR count). The number of benzene rings is 2. The number of rotatable bonds is 9. The van der Waals surface area contributed by atoms with Crippen LogP contribution < -0.4 is 10.1 Å². The van der Waals surface area contributed by atoms with Crippen molar-refractivity contribution in [3.05, 3.63) is 62.5 Å². The number of nitrogens with one attached hydrogen (secondary N) is 1. The van der Waals surface area contributed by atoms with E-state index in [2.05, 4.69) is 51.0 Å². The molecule has 0 heterocycles. The standard InChI is InChI=1S/C23H28Br2N2O3/c1-5-26-23(29)16(4)27(13-17-7-6-8-19(24)11-17)22(28)14-30-21-10-9-18(15(2)3)12-20(21)25/h6-12,15-16H,5,13-14H2,1-4H3,(H,26,29)/t16-/m0/s1. The minimum absolute atomic E-state index is 0.155. The summed E-state index contributed by atoms with van der Waals surface area (Å²) >= 11 is 6.97. The van der Waals surface area contributed by atoms with Gasteiger partial charge < -0.3 is 15.0 Å².